The smallest absolute Gasteiger partial charge is 0.248 e. The van der Waals surface area contributed by atoms with Gasteiger partial charge in [-0.3, -0.25) is 4.79 Å². The van der Waals surface area contributed by atoms with E-state index in [2.05, 4.69) is 0 Å². The fraction of sp³-hybridized carbons (Fsp3) is 0.929. The van der Waals surface area contributed by atoms with E-state index in [9.17, 15) is 4.79 Å². The van der Waals surface area contributed by atoms with E-state index in [-0.39, 0.29) is 18.6 Å². The number of ether oxygens (including phenoxy) is 1. The fourth-order valence-electron chi connectivity index (χ4n) is 2.90. The van der Waals surface area contributed by atoms with Crippen LogP contribution in [0.4, 0.5) is 0 Å². The summed E-state index contributed by atoms with van der Waals surface area (Å²) in [5, 5.41) is 9.06. The molecule has 1 N–H and O–H groups in total. The third kappa shape index (κ3) is 3.95. The van der Waals surface area contributed by atoms with Gasteiger partial charge >= 0.3 is 0 Å². The average Bonchev–Trinajstić information content (AvgIpc) is 2.46. The summed E-state index contributed by atoms with van der Waals surface area (Å²) in [6.45, 7) is 2.34. The van der Waals surface area contributed by atoms with E-state index >= 15 is 0 Å². The first-order valence-corrected chi connectivity index (χ1v) is 7.30. The Balaban J connectivity index is 1.63. The van der Waals surface area contributed by atoms with E-state index in [0.29, 0.717) is 12.5 Å². The molecule has 0 bridgehead atoms. The molecule has 2 aliphatic rings. The summed E-state index contributed by atoms with van der Waals surface area (Å²) < 4.78 is 5.72. The molecule has 1 saturated carbocycles. The molecule has 0 aromatic carbocycles. The molecule has 0 spiro atoms. The van der Waals surface area contributed by atoms with Gasteiger partial charge in [-0.05, 0) is 50.9 Å². The Hall–Kier alpha value is -0.610. The second-order valence-electron chi connectivity index (χ2n) is 5.58. The molecule has 4 nitrogen and oxygen atoms in total. The first-order chi connectivity index (χ1) is 8.79. The van der Waals surface area contributed by atoms with Crippen molar-refractivity contribution in [3.63, 3.8) is 0 Å². The molecule has 0 atom stereocenters. The number of carbonyl (C=O) groups excluding carboxylic acids is 1. The van der Waals surface area contributed by atoms with Gasteiger partial charge in [0, 0.05) is 19.7 Å². The largest absolute Gasteiger partial charge is 0.396 e. The van der Waals surface area contributed by atoms with Crippen molar-refractivity contribution >= 4 is 5.91 Å². The van der Waals surface area contributed by atoms with Crippen molar-refractivity contribution in [1.82, 2.24) is 4.90 Å². The molecule has 0 aromatic rings. The van der Waals surface area contributed by atoms with Crippen LogP contribution in [0.2, 0.25) is 0 Å². The summed E-state index contributed by atoms with van der Waals surface area (Å²) in [4.78, 5) is 13.9. The van der Waals surface area contributed by atoms with Crippen LogP contribution in [0.15, 0.2) is 0 Å². The molecule has 18 heavy (non-hydrogen) atoms. The maximum absolute atomic E-state index is 11.9. The zero-order chi connectivity index (χ0) is 12.8. The summed E-state index contributed by atoms with van der Waals surface area (Å²) >= 11 is 0. The van der Waals surface area contributed by atoms with Crippen LogP contribution in [0.3, 0.4) is 0 Å². The van der Waals surface area contributed by atoms with Crippen LogP contribution in [0.1, 0.15) is 44.9 Å². The van der Waals surface area contributed by atoms with Crippen molar-refractivity contribution in [3.8, 4) is 0 Å². The van der Waals surface area contributed by atoms with Gasteiger partial charge in [0.05, 0.1) is 6.10 Å². The Labute approximate surface area is 109 Å². The molecule has 4 heteroatoms. The Kier molecular flexibility index (Phi) is 5.45. The number of hydrogen-bond acceptors (Lipinski definition) is 3. The molecule has 2 fully saturated rings. The predicted octanol–water partition coefficient (Wildman–Crippen LogP) is 1.57. The van der Waals surface area contributed by atoms with E-state index < -0.39 is 0 Å². The molecule has 1 saturated heterocycles. The van der Waals surface area contributed by atoms with Gasteiger partial charge in [0.1, 0.15) is 6.61 Å². The van der Waals surface area contributed by atoms with Crippen LogP contribution >= 0.6 is 0 Å². The monoisotopic (exact) mass is 255 g/mol. The molecule has 1 heterocycles. The highest BCUT2D eigenvalue weighted by Crippen LogP contribution is 2.25. The Morgan fingerprint density at radius 1 is 1.11 bits per heavy atom. The summed E-state index contributed by atoms with van der Waals surface area (Å²) in [5.41, 5.74) is 0. The maximum atomic E-state index is 11.9. The zero-order valence-corrected chi connectivity index (χ0v) is 11.1. The number of amides is 1. The van der Waals surface area contributed by atoms with Gasteiger partial charge in [-0.15, -0.1) is 0 Å². The minimum Gasteiger partial charge on any atom is -0.396 e. The van der Waals surface area contributed by atoms with Crippen molar-refractivity contribution in [2.75, 3.05) is 26.3 Å². The number of rotatable bonds is 4. The third-order valence-corrected chi connectivity index (χ3v) is 4.20. The fourth-order valence-corrected chi connectivity index (χ4v) is 2.90. The number of aliphatic hydroxyl groups is 1. The second kappa shape index (κ2) is 7.10. The van der Waals surface area contributed by atoms with Crippen LogP contribution in [0.25, 0.3) is 0 Å². The lowest BCUT2D eigenvalue weighted by molar-refractivity contribution is -0.140. The first kappa shape index (κ1) is 13.8. The normalized spacial score (nSPS) is 29.3. The number of aliphatic hydroxyl groups excluding tert-OH is 1. The van der Waals surface area contributed by atoms with Gasteiger partial charge in [-0.1, -0.05) is 0 Å². The Morgan fingerprint density at radius 2 is 1.78 bits per heavy atom. The lowest BCUT2D eigenvalue weighted by atomic mass is 9.88. The van der Waals surface area contributed by atoms with Gasteiger partial charge < -0.3 is 14.7 Å². The number of likely N-dealkylation sites (tertiary alicyclic amines) is 1. The van der Waals surface area contributed by atoms with Crippen molar-refractivity contribution in [1.29, 1.82) is 0 Å². The average molecular weight is 255 g/mol. The SMILES string of the molecule is O=C(COC1CCC(CO)CC1)N1CCCCC1. The van der Waals surface area contributed by atoms with Gasteiger partial charge in [0.15, 0.2) is 0 Å². The topological polar surface area (TPSA) is 49.8 Å². The van der Waals surface area contributed by atoms with Gasteiger partial charge in [-0.25, -0.2) is 0 Å². The third-order valence-electron chi connectivity index (χ3n) is 4.20. The van der Waals surface area contributed by atoms with E-state index in [1.807, 2.05) is 4.90 Å². The van der Waals surface area contributed by atoms with Crippen molar-refractivity contribution < 1.29 is 14.6 Å². The summed E-state index contributed by atoms with van der Waals surface area (Å²) in [5.74, 6) is 0.599. The molecule has 1 amide bonds. The van der Waals surface area contributed by atoms with Crippen LogP contribution in [-0.2, 0) is 9.53 Å². The van der Waals surface area contributed by atoms with Crippen LogP contribution in [0, 0.1) is 5.92 Å². The minimum atomic E-state index is 0.152. The lowest BCUT2D eigenvalue weighted by Gasteiger charge is -2.30. The summed E-state index contributed by atoms with van der Waals surface area (Å²) in [7, 11) is 0. The number of hydrogen-bond donors (Lipinski definition) is 1. The lowest BCUT2D eigenvalue weighted by Crippen LogP contribution is -2.39. The molecule has 0 unspecified atom stereocenters. The molecular formula is C14H25NO3. The first-order valence-electron chi connectivity index (χ1n) is 7.30. The van der Waals surface area contributed by atoms with E-state index in [1.165, 1.54) is 6.42 Å². The molecule has 104 valence electrons. The predicted molar refractivity (Wildman–Crippen MR) is 69.2 cm³/mol. The number of carbonyl (C=O) groups is 1. The van der Waals surface area contributed by atoms with Crippen molar-refractivity contribution in [2.24, 2.45) is 5.92 Å². The van der Waals surface area contributed by atoms with Gasteiger partial charge in [0.25, 0.3) is 0 Å². The van der Waals surface area contributed by atoms with Crippen LogP contribution in [-0.4, -0.2) is 48.3 Å². The highest BCUT2D eigenvalue weighted by molar-refractivity contribution is 5.77. The highest BCUT2D eigenvalue weighted by atomic mass is 16.5. The van der Waals surface area contributed by atoms with Crippen LogP contribution < -0.4 is 0 Å². The van der Waals surface area contributed by atoms with Crippen LogP contribution in [0.5, 0.6) is 0 Å². The highest BCUT2D eigenvalue weighted by Gasteiger charge is 2.23. The minimum absolute atomic E-state index is 0.152. The maximum Gasteiger partial charge on any atom is 0.248 e. The number of nitrogens with zero attached hydrogens (tertiary/aromatic N) is 1. The molecule has 2 rings (SSSR count). The van der Waals surface area contributed by atoms with Crippen molar-refractivity contribution in [3.05, 3.63) is 0 Å². The molecule has 1 aliphatic heterocycles. The molecule has 0 radical (unpaired) electrons. The van der Waals surface area contributed by atoms with Gasteiger partial charge in [-0.2, -0.15) is 0 Å². The Bertz CT molecular complexity index is 256. The zero-order valence-electron chi connectivity index (χ0n) is 11.1. The number of piperidine rings is 1. The van der Waals surface area contributed by atoms with E-state index in [4.69, 9.17) is 9.84 Å². The second-order valence-corrected chi connectivity index (χ2v) is 5.58. The van der Waals surface area contributed by atoms with E-state index in [0.717, 1.165) is 51.6 Å². The van der Waals surface area contributed by atoms with Gasteiger partial charge in [0.2, 0.25) is 5.91 Å². The molecular weight excluding hydrogens is 230 g/mol. The molecule has 0 aromatic heterocycles. The quantitative estimate of drug-likeness (QED) is 0.829. The summed E-state index contributed by atoms with van der Waals surface area (Å²) in [6, 6.07) is 0. The van der Waals surface area contributed by atoms with Crippen molar-refractivity contribution in [2.45, 2.75) is 51.0 Å². The standard InChI is InChI=1S/C14H25NO3/c16-10-12-4-6-13(7-5-12)18-11-14(17)15-8-2-1-3-9-15/h12-13,16H,1-11H2. The molecule has 1 aliphatic carbocycles. The van der Waals surface area contributed by atoms with E-state index in [1.54, 1.807) is 0 Å². The summed E-state index contributed by atoms with van der Waals surface area (Å²) in [6.07, 6.45) is 7.76. The Morgan fingerprint density at radius 3 is 2.39 bits per heavy atom.